The monoisotopic (exact) mass is 426 g/mol. The summed E-state index contributed by atoms with van der Waals surface area (Å²) in [7, 11) is 0. The van der Waals surface area contributed by atoms with Crippen LogP contribution >= 0.6 is 0 Å². The van der Waals surface area contributed by atoms with Crippen LogP contribution in [0.4, 0.5) is 18.9 Å². The van der Waals surface area contributed by atoms with Gasteiger partial charge in [0.1, 0.15) is 0 Å². The molecule has 0 aliphatic rings. The molecule has 4 aromatic rings. The van der Waals surface area contributed by atoms with E-state index in [0.29, 0.717) is 17.3 Å². The normalized spacial score (nSPS) is 11.5. The lowest BCUT2D eigenvalue weighted by molar-refractivity contribution is -0.137. The highest BCUT2D eigenvalue weighted by molar-refractivity contribution is 5.93. The van der Waals surface area contributed by atoms with Gasteiger partial charge < -0.3 is 9.73 Å². The van der Waals surface area contributed by atoms with Gasteiger partial charge in [0.05, 0.1) is 23.1 Å². The number of oxazole rings is 1. The van der Waals surface area contributed by atoms with Gasteiger partial charge in [0.15, 0.2) is 11.7 Å². The molecule has 0 unspecified atom stereocenters. The van der Waals surface area contributed by atoms with E-state index in [1.165, 1.54) is 16.9 Å². The highest BCUT2D eigenvalue weighted by Crippen LogP contribution is 2.33. The summed E-state index contributed by atoms with van der Waals surface area (Å²) in [6.45, 7) is 0. The average Bonchev–Trinajstić information content (AvgIpc) is 3.45. The fraction of sp³-hybridized carbons (Fsp3) is 0.136. The lowest BCUT2D eigenvalue weighted by Gasteiger charge is -2.14. The van der Waals surface area contributed by atoms with Crippen LogP contribution in [0.25, 0.3) is 17.0 Å². The average molecular weight is 426 g/mol. The molecule has 158 valence electrons. The molecular formula is C22H17F3N4O2. The summed E-state index contributed by atoms with van der Waals surface area (Å²) in [5.74, 6) is 0.479. The van der Waals surface area contributed by atoms with Crippen molar-refractivity contribution in [1.82, 2.24) is 14.8 Å². The highest BCUT2D eigenvalue weighted by Gasteiger charge is 2.31. The Morgan fingerprint density at radius 2 is 1.90 bits per heavy atom. The third-order valence-corrected chi connectivity index (χ3v) is 4.53. The summed E-state index contributed by atoms with van der Waals surface area (Å²) in [6, 6.07) is 14.1. The maximum Gasteiger partial charge on any atom is 0.416 e. The van der Waals surface area contributed by atoms with Crippen LogP contribution in [-0.4, -0.2) is 20.7 Å². The van der Waals surface area contributed by atoms with Gasteiger partial charge in [-0.05, 0) is 24.3 Å². The van der Waals surface area contributed by atoms with Crippen LogP contribution < -0.4 is 5.32 Å². The number of aryl methyl sites for hydroxylation is 1. The molecule has 2 aromatic carbocycles. The van der Waals surface area contributed by atoms with Crippen molar-refractivity contribution in [3.05, 3.63) is 84.6 Å². The fourth-order valence-electron chi connectivity index (χ4n) is 3.02. The highest BCUT2D eigenvalue weighted by atomic mass is 19.4. The molecule has 1 N–H and O–H groups in total. The quantitative estimate of drug-likeness (QED) is 0.465. The van der Waals surface area contributed by atoms with Crippen molar-refractivity contribution in [3.8, 4) is 17.0 Å². The van der Waals surface area contributed by atoms with Crippen LogP contribution in [0.15, 0.2) is 77.6 Å². The number of hydrogen-bond acceptors (Lipinski definition) is 4. The largest absolute Gasteiger partial charge is 0.441 e. The number of nitrogens with one attached hydrogen (secondary N) is 1. The van der Waals surface area contributed by atoms with Gasteiger partial charge in [0, 0.05) is 30.8 Å². The van der Waals surface area contributed by atoms with Crippen molar-refractivity contribution >= 4 is 11.6 Å². The van der Waals surface area contributed by atoms with Crippen molar-refractivity contribution in [2.75, 3.05) is 5.32 Å². The van der Waals surface area contributed by atoms with E-state index in [4.69, 9.17) is 4.42 Å². The van der Waals surface area contributed by atoms with Crippen molar-refractivity contribution < 1.29 is 22.4 Å². The molecule has 0 radical (unpaired) electrons. The fourth-order valence-corrected chi connectivity index (χ4v) is 3.02. The Bertz CT molecular complexity index is 1170. The van der Waals surface area contributed by atoms with Crippen molar-refractivity contribution in [2.45, 2.75) is 19.0 Å². The first kappa shape index (κ1) is 20.4. The summed E-state index contributed by atoms with van der Waals surface area (Å²) in [6.07, 6.45) is 0.309. The van der Waals surface area contributed by atoms with E-state index in [1.54, 1.807) is 18.5 Å². The standard InChI is InChI=1S/C22H17F3N4O2/c23-22(24,25)16-7-8-18(29-12-4-11-27-29)17(13-16)28-20(30)9-10-21-26-14-19(31-21)15-5-2-1-3-6-15/h1-8,11-14H,9-10H2,(H,28,30). The number of alkyl halides is 3. The second-order valence-electron chi connectivity index (χ2n) is 6.71. The van der Waals surface area contributed by atoms with Crippen LogP contribution in [0.3, 0.4) is 0 Å². The molecule has 6 nitrogen and oxygen atoms in total. The predicted molar refractivity (Wildman–Crippen MR) is 107 cm³/mol. The van der Waals surface area contributed by atoms with Gasteiger partial charge in [-0.25, -0.2) is 9.67 Å². The van der Waals surface area contributed by atoms with Gasteiger partial charge >= 0.3 is 6.18 Å². The first-order valence-corrected chi connectivity index (χ1v) is 9.41. The number of benzene rings is 2. The number of amides is 1. The van der Waals surface area contributed by atoms with Crippen molar-refractivity contribution in [3.63, 3.8) is 0 Å². The molecule has 9 heteroatoms. The van der Waals surface area contributed by atoms with E-state index in [9.17, 15) is 18.0 Å². The summed E-state index contributed by atoms with van der Waals surface area (Å²) < 4.78 is 46.5. The first-order chi connectivity index (χ1) is 14.9. The molecular weight excluding hydrogens is 409 g/mol. The molecule has 0 bridgehead atoms. The molecule has 0 saturated carbocycles. The number of hydrogen-bond donors (Lipinski definition) is 1. The zero-order valence-corrected chi connectivity index (χ0v) is 16.1. The number of halogens is 3. The predicted octanol–water partition coefficient (Wildman–Crippen LogP) is 5.12. The zero-order chi connectivity index (χ0) is 21.8. The maximum absolute atomic E-state index is 13.1. The minimum absolute atomic E-state index is 0.0104. The Labute approximate surface area is 175 Å². The van der Waals surface area contributed by atoms with Crippen LogP contribution in [-0.2, 0) is 17.4 Å². The van der Waals surface area contributed by atoms with Gasteiger partial charge in [-0.1, -0.05) is 30.3 Å². The molecule has 0 aliphatic carbocycles. The maximum atomic E-state index is 13.1. The second-order valence-corrected chi connectivity index (χ2v) is 6.71. The summed E-state index contributed by atoms with van der Waals surface area (Å²) in [4.78, 5) is 16.6. The number of carbonyl (C=O) groups is 1. The summed E-state index contributed by atoms with van der Waals surface area (Å²) in [5, 5.41) is 6.58. The van der Waals surface area contributed by atoms with Gasteiger partial charge in [0.25, 0.3) is 0 Å². The van der Waals surface area contributed by atoms with E-state index in [0.717, 1.165) is 17.7 Å². The van der Waals surface area contributed by atoms with Gasteiger partial charge in [-0.15, -0.1) is 0 Å². The summed E-state index contributed by atoms with van der Waals surface area (Å²) >= 11 is 0. The number of aromatic nitrogens is 3. The molecule has 0 aliphatic heterocycles. The first-order valence-electron chi connectivity index (χ1n) is 9.41. The van der Waals surface area contributed by atoms with Gasteiger partial charge in [-0.2, -0.15) is 18.3 Å². The smallest absolute Gasteiger partial charge is 0.416 e. The molecule has 2 heterocycles. The topological polar surface area (TPSA) is 73.0 Å². The van der Waals surface area contributed by atoms with Gasteiger partial charge in [0.2, 0.25) is 5.91 Å². The molecule has 0 atom stereocenters. The van der Waals surface area contributed by atoms with Crippen LogP contribution in [0.1, 0.15) is 17.9 Å². The van der Waals surface area contributed by atoms with E-state index in [2.05, 4.69) is 15.4 Å². The minimum atomic E-state index is -4.53. The van der Waals surface area contributed by atoms with E-state index in [1.807, 2.05) is 30.3 Å². The molecule has 0 saturated heterocycles. The van der Waals surface area contributed by atoms with Crippen LogP contribution in [0.2, 0.25) is 0 Å². The van der Waals surface area contributed by atoms with Crippen molar-refractivity contribution in [1.29, 1.82) is 0 Å². The summed E-state index contributed by atoms with van der Waals surface area (Å²) in [5.41, 5.74) is 0.340. The Balaban J connectivity index is 1.47. The molecule has 0 spiro atoms. The number of nitrogens with zero attached hydrogens (tertiary/aromatic N) is 3. The second kappa shape index (κ2) is 8.47. The van der Waals surface area contributed by atoms with E-state index in [-0.39, 0.29) is 18.5 Å². The van der Waals surface area contributed by atoms with Gasteiger partial charge in [-0.3, -0.25) is 4.79 Å². The van der Waals surface area contributed by atoms with Crippen LogP contribution in [0.5, 0.6) is 0 Å². The molecule has 2 aromatic heterocycles. The Morgan fingerprint density at radius 3 is 2.61 bits per heavy atom. The molecule has 31 heavy (non-hydrogen) atoms. The molecule has 1 amide bonds. The lowest BCUT2D eigenvalue weighted by atomic mass is 10.1. The minimum Gasteiger partial charge on any atom is -0.441 e. The number of anilines is 1. The lowest BCUT2D eigenvalue weighted by Crippen LogP contribution is -2.16. The Morgan fingerprint density at radius 1 is 1.10 bits per heavy atom. The van der Waals surface area contributed by atoms with E-state index >= 15 is 0 Å². The Hall–Kier alpha value is -3.88. The Kier molecular flexibility index (Phi) is 5.57. The number of carbonyl (C=O) groups excluding carboxylic acids is 1. The molecule has 4 rings (SSSR count). The SMILES string of the molecule is O=C(CCc1ncc(-c2ccccc2)o1)Nc1cc(C(F)(F)F)ccc1-n1cccn1. The number of rotatable bonds is 6. The van der Waals surface area contributed by atoms with Crippen molar-refractivity contribution in [2.24, 2.45) is 0 Å². The third kappa shape index (κ3) is 4.82. The molecule has 0 fully saturated rings. The van der Waals surface area contributed by atoms with E-state index < -0.39 is 17.6 Å². The van der Waals surface area contributed by atoms with Crippen LogP contribution in [0, 0.1) is 0 Å². The zero-order valence-electron chi connectivity index (χ0n) is 16.1. The third-order valence-electron chi connectivity index (χ3n) is 4.53.